The molecule has 0 amide bonds. The minimum atomic E-state index is -0.550. The van der Waals surface area contributed by atoms with Gasteiger partial charge in [-0.1, -0.05) is 30.3 Å². The second-order valence-electron chi connectivity index (χ2n) is 3.72. The smallest absolute Gasteiger partial charge is 0.306 e. The molecule has 0 saturated carbocycles. The molecule has 0 aliphatic carbocycles. The number of carbonyl (C=O) groups is 1. The minimum Gasteiger partial charge on any atom is -0.489 e. The molecule has 0 aromatic heterocycles. The van der Waals surface area contributed by atoms with Crippen LogP contribution in [0.1, 0.15) is 17.9 Å². The van der Waals surface area contributed by atoms with Crippen molar-refractivity contribution in [3.05, 3.63) is 35.9 Å². The van der Waals surface area contributed by atoms with E-state index in [-0.39, 0.29) is 23.4 Å². The van der Waals surface area contributed by atoms with Crippen LogP contribution in [0.2, 0.25) is 0 Å². The Bertz CT molecular complexity index is 408. The molecule has 1 aromatic carbocycles. The van der Waals surface area contributed by atoms with Crippen LogP contribution < -0.4 is 0 Å². The number of hydrogen-bond acceptors (Lipinski definition) is 4. The zero-order chi connectivity index (χ0) is 13.5. The number of methoxy groups -OCH3 is 2. The summed E-state index contributed by atoms with van der Waals surface area (Å²) in [6.07, 6.45) is 0.165. The van der Waals surface area contributed by atoms with Crippen molar-refractivity contribution in [1.82, 2.24) is 0 Å². The normalized spacial score (nSPS) is 13.5. The highest BCUT2D eigenvalue weighted by Gasteiger charge is 2.28. The predicted octanol–water partition coefficient (Wildman–Crippen LogP) is 2.91. The highest BCUT2D eigenvalue weighted by Crippen LogP contribution is 2.29. The lowest BCUT2D eigenvalue weighted by Gasteiger charge is -2.21. The first-order chi connectivity index (χ1) is 8.60. The third kappa shape index (κ3) is 3.96. The van der Waals surface area contributed by atoms with Gasteiger partial charge in [-0.05, 0) is 17.8 Å². The van der Waals surface area contributed by atoms with E-state index in [2.05, 4.69) is 4.74 Å². The maximum absolute atomic E-state index is 11.4. The number of esters is 1. The minimum absolute atomic E-state index is 0.165. The molecule has 18 heavy (non-hydrogen) atoms. The molecular formula is C13H15ClO3S. The molecule has 0 spiro atoms. The van der Waals surface area contributed by atoms with Gasteiger partial charge in [0.2, 0.25) is 0 Å². The van der Waals surface area contributed by atoms with Crippen LogP contribution in [0.3, 0.4) is 0 Å². The number of halogens is 1. The van der Waals surface area contributed by atoms with Crippen LogP contribution in [0.5, 0.6) is 0 Å². The Morgan fingerprint density at radius 3 is 2.39 bits per heavy atom. The summed E-state index contributed by atoms with van der Waals surface area (Å²) in [6.45, 7) is 0. The fraction of sp³-hybridized carbons (Fsp3) is 0.385. The molecule has 0 aliphatic rings. The van der Waals surface area contributed by atoms with Crippen molar-refractivity contribution in [2.24, 2.45) is 0 Å². The van der Waals surface area contributed by atoms with E-state index < -0.39 is 5.38 Å². The number of benzene rings is 1. The van der Waals surface area contributed by atoms with Crippen LogP contribution in [-0.2, 0) is 14.3 Å². The molecule has 1 rings (SSSR count). The molecule has 1 aromatic rings. The van der Waals surface area contributed by atoms with Gasteiger partial charge in [-0.2, -0.15) is 0 Å². The van der Waals surface area contributed by atoms with E-state index >= 15 is 0 Å². The summed E-state index contributed by atoms with van der Waals surface area (Å²) >= 11 is 11.3. The average molecular weight is 287 g/mol. The number of alkyl halides is 1. The van der Waals surface area contributed by atoms with Gasteiger partial charge in [0, 0.05) is 5.92 Å². The van der Waals surface area contributed by atoms with Crippen molar-refractivity contribution >= 4 is 34.8 Å². The lowest BCUT2D eigenvalue weighted by Crippen LogP contribution is -2.25. The van der Waals surface area contributed by atoms with Crippen molar-refractivity contribution in [3.63, 3.8) is 0 Å². The largest absolute Gasteiger partial charge is 0.489 e. The van der Waals surface area contributed by atoms with Gasteiger partial charge in [-0.25, -0.2) is 0 Å². The highest BCUT2D eigenvalue weighted by atomic mass is 35.5. The zero-order valence-electron chi connectivity index (χ0n) is 10.3. The Balaban J connectivity index is 2.95. The van der Waals surface area contributed by atoms with E-state index in [1.807, 2.05) is 30.3 Å². The number of hydrogen-bond donors (Lipinski definition) is 0. The lowest BCUT2D eigenvalue weighted by molar-refractivity contribution is -0.141. The van der Waals surface area contributed by atoms with Crippen LogP contribution in [0.15, 0.2) is 30.3 Å². The Hall–Kier alpha value is -1.13. The van der Waals surface area contributed by atoms with Crippen LogP contribution in [-0.4, -0.2) is 30.6 Å². The summed E-state index contributed by atoms with van der Waals surface area (Å²) in [5.74, 6) is -0.582. The molecule has 3 nitrogen and oxygen atoms in total. The van der Waals surface area contributed by atoms with Gasteiger partial charge in [-0.15, -0.1) is 11.6 Å². The molecule has 2 atom stereocenters. The monoisotopic (exact) mass is 286 g/mol. The van der Waals surface area contributed by atoms with Crippen molar-refractivity contribution in [1.29, 1.82) is 0 Å². The van der Waals surface area contributed by atoms with Crippen LogP contribution in [0.4, 0.5) is 0 Å². The summed E-state index contributed by atoms with van der Waals surface area (Å²) in [5.41, 5.74) is 0.933. The molecule has 0 aliphatic heterocycles. The van der Waals surface area contributed by atoms with Crippen molar-refractivity contribution in [2.45, 2.75) is 17.7 Å². The third-order valence-corrected chi connectivity index (χ3v) is 3.67. The third-order valence-electron chi connectivity index (χ3n) is 2.62. The molecule has 5 heteroatoms. The second-order valence-corrected chi connectivity index (χ2v) is 4.59. The summed E-state index contributed by atoms with van der Waals surface area (Å²) < 4.78 is 9.66. The van der Waals surface area contributed by atoms with Crippen molar-refractivity contribution in [3.8, 4) is 0 Å². The summed E-state index contributed by atoms with van der Waals surface area (Å²) in [4.78, 5) is 11.4. The second kappa shape index (κ2) is 7.34. The Kier molecular flexibility index (Phi) is 6.09. The molecule has 0 heterocycles. The first kappa shape index (κ1) is 14.9. The van der Waals surface area contributed by atoms with Crippen molar-refractivity contribution in [2.75, 3.05) is 14.2 Å². The van der Waals surface area contributed by atoms with Gasteiger partial charge in [0.05, 0.1) is 20.6 Å². The van der Waals surface area contributed by atoms with E-state index in [0.29, 0.717) is 0 Å². The van der Waals surface area contributed by atoms with E-state index in [1.165, 1.54) is 14.2 Å². The Morgan fingerprint density at radius 2 is 1.89 bits per heavy atom. The van der Waals surface area contributed by atoms with Gasteiger partial charge in [0.25, 0.3) is 0 Å². The molecule has 2 unspecified atom stereocenters. The number of ether oxygens (including phenoxy) is 2. The standard InChI is InChI=1S/C13H15ClO3S/c1-16-11(15)8-10(12(14)13(18)17-2)9-6-4-3-5-7-9/h3-7,10,12H,8H2,1-2H3. The fourth-order valence-corrected chi connectivity index (χ4v) is 2.12. The van der Waals surface area contributed by atoms with Gasteiger partial charge >= 0.3 is 5.97 Å². The summed E-state index contributed by atoms with van der Waals surface area (Å²) in [6, 6.07) is 9.48. The van der Waals surface area contributed by atoms with Gasteiger partial charge < -0.3 is 9.47 Å². The first-order valence-electron chi connectivity index (χ1n) is 5.43. The van der Waals surface area contributed by atoms with Crippen LogP contribution in [0, 0.1) is 0 Å². The molecule has 0 bridgehead atoms. The van der Waals surface area contributed by atoms with E-state index in [9.17, 15) is 4.79 Å². The molecule has 0 radical (unpaired) electrons. The SMILES string of the molecule is COC(=O)CC(c1ccccc1)C(Cl)C(=S)OC. The number of rotatable bonds is 5. The fourth-order valence-electron chi connectivity index (χ4n) is 1.63. The zero-order valence-corrected chi connectivity index (χ0v) is 11.8. The van der Waals surface area contributed by atoms with E-state index in [1.54, 1.807) is 0 Å². The topological polar surface area (TPSA) is 35.5 Å². The average Bonchev–Trinajstić information content (AvgIpc) is 2.43. The van der Waals surface area contributed by atoms with Gasteiger partial charge in [0.15, 0.2) is 5.05 Å². The van der Waals surface area contributed by atoms with E-state index in [4.69, 9.17) is 28.6 Å². The molecule has 0 saturated heterocycles. The summed E-state index contributed by atoms with van der Waals surface area (Å²) in [5, 5.41) is -0.277. The highest BCUT2D eigenvalue weighted by molar-refractivity contribution is 7.80. The number of carbonyl (C=O) groups excluding carboxylic acids is 1. The lowest BCUT2D eigenvalue weighted by atomic mass is 9.92. The quantitative estimate of drug-likeness (QED) is 0.474. The maximum Gasteiger partial charge on any atom is 0.306 e. The molecule has 98 valence electrons. The Labute approximate surface area is 117 Å². The van der Waals surface area contributed by atoms with Crippen LogP contribution in [0.25, 0.3) is 0 Å². The number of thiocarbonyl (C=S) groups is 1. The van der Waals surface area contributed by atoms with Crippen molar-refractivity contribution < 1.29 is 14.3 Å². The maximum atomic E-state index is 11.4. The van der Waals surface area contributed by atoms with Crippen LogP contribution >= 0.6 is 23.8 Å². The predicted molar refractivity (Wildman–Crippen MR) is 75.1 cm³/mol. The van der Waals surface area contributed by atoms with E-state index in [0.717, 1.165) is 5.56 Å². The molecular weight excluding hydrogens is 272 g/mol. The molecule has 0 N–H and O–H groups in total. The Morgan fingerprint density at radius 1 is 1.28 bits per heavy atom. The summed E-state index contributed by atoms with van der Waals surface area (Å²) in [7, 11) is 2.82. The van der Waals surface area contributed by atoms with Gasteiger partial charge in [0.1, 0.15) is 5.38 Å². The molecule has 0 fully saturated rings. The first-order valence-corrected chi connectivity index (χ1v) is 6.28. The van der Waals surface area contributed by atoms with Gasteiger partial charge in [-0.3, -0.25) is 4.79 Å².